The highest BCUT2D eigenvalue weighted by Crippen LogP contribution is 2.47. The number of hydrogen-bond acceptors (Lipinski definition) is 6. The number of amides is 2. The summed E-state index contributed by atoms with van der Waals surface area (Å²) in [6.07, 6.45) is -0.940. The summed E-state index contributed by atoms with van der Waals surface area (Å²) in [6, 6.07) is 22.9. The van der Waals surface area contributed by atoms with Gasteiger partial charge in [-0.1, -0.05) is 48.0 Å². The third kappa shape index (κ3) is 3.47. The van der Waals surface area contributed by atoms with Gasteiger partial charge in [-0.15, -0.1) is 0 Å². The number of hydroxylamine groups is 1. The second-order valence-electron chi connectivity index (χ2n) is 8.12. The molecule has 2 fully saturated rings. The van der Waals surface area contributed by atoms with Gasteiger partial charge in [0.2, 0.25) is 5.91 Å². The number of benzene rings is 3. The largest absolute Gasteiger partial charge is 0.465 e. The van der Waals surface area contributed by atoms with Gasteiger partial charge in [0.1, 0.15) is 5.92 Å². The second-order valence-corrected chi connectivity index (χ2v) is 8.12. The molecule has 3 aromatic carbocycles. The van der Waals surface area contributed by atoms with E-state index in [1.54, 1.807) is 41.5 Å². The van der Waals surface area contributed by atoms with Crippen LogP contribution >= 0.6 is 0 Å². The number of hydrogen-bond donors (Lipinski definition) is 0. The number of rotatable bonds is 4. The van der Waals surface area contributed by atoms with E-state index in [-0.39, 0.29) is 11.8 Å². The molecule has 0 radical (unpaired) electrons. The first-order valence-corrected chi connectivity index (χ1v) is 10.6. The van der Waals surface area contributed by atoms with E-state index in [0.717, 1.165) is 16.8 Å². The number of carbonyl (C=O) groups is 3. The van der Waals surface area contributed by atoms with Gasteiger partial charge in [0, 0.05) is 0 Å². The molecular formula is C26H22N2O5. The van der Waals surface area contributed by atoms with E-state index in [0.29, 0.717) is 11.3 Å². The zero-order chi connectivity index (χ0) is 23.1. The fraction of sp³-hybridized carbons (Fsp3) is 0.192. The van der Waals surface area contributed by atoms with Gasteiger partial charge in [-0.25, -0.2) is 14.8 Å². The molecule has 5 rings (SSSR count). The molecule has 2 heterocycles. The molecule has 3 aromatic rings. The van der Waals surface area contributed by atoms with E-state index >= 15 is 0 Å². The first-order valence-electron chi connectivity index (χ1n) is 10.6. The average Bonchev–Trinajstić information content (AvgIpc) is 3.36. The maximum absolute atomic E-state index is 13.6. The van der Waals surface area contributed by atoms with Crippen LogP contribution in [-0.2, 0) is 19.2 Å². The lowest BCUT2D eigenvalue weighted by atomic mass is 9.90. The number of imide groups is 1. The van der Waals surface area contributed by atoms with Crippen LogP contribution in [0.15, 0.2) is 78.9 Å². The Labute approximate surface area is 191 Å². The minimum atomic E-state index is -0.940. The molecule has 2 aliphatic heterocycles. The van der Waals surface area contributed by atoms with Crippen LogP contribution in [0.5, 0.6) is 0 Å². The maximum atomic E-state index is 13.6. The predicted octanol–water partition coefficient (Wildman–Crippen LogP) is 3.83. The normalized spacial score (nSPS) is 21.9. The number of esters is 1. The van der Waals surface area contributed by atoms with Gasteiger partial charge in [-0.05, 0) is 48.9 Å². The van der Waals surface area contributed by atoms with E-state index in [1.807, 2.05) is 49.4 Å². The lowest BCUT2D eigenvalue weighted by Gasteiger charge is -2.28. The van der Waals surface area contributed by atoms with E-state index in [2.05, 4.69) is 0 Å². The molecule has 166 valence electrons. The quantitative estimate of drug-likeness (QED) is 0.452. The van der Waals surface area contributed by atoms with Gasteiger partial charge in [-0.2, -0.15) is 0 Å². The number of para-hydroxylation sites is 1. The highest BCUT2D eigenvalue weighted by atomic mass is 16.7. The minimum Gasteiger partial charge on any atom is -0.465 e. The number of methoxy groups -OCH3 is 1. The molecule has 33 heavy (non-hydrogen) atoms. The summed E-state index contributed by atoms with van der Waals surface area (Å²) in [6.45, 7) is 1.95. The molecule has 0 N–H and O–H groups in total. The van der Waals surface area contributed by atoms with Crippen LogP contribution in [0.1, 0.15) is 27.5 Å². The van der Waals surface area contributed by atoms with Crippen molar-refractivity contribution >= 4 is 29.2 Å². The van der Waals surface area contributed by atoms with Crippen LogP contribution in [0.2, 0.25) is 0 Å². The number of aryl methyl sites for hydroxylation is 1. The highest BCUT2D eigenvalue weighted by molar-refractivity contribution is 6.23. The van der Waals surface area contributed by atoms with Gasteiger partial charge in [0.15, 0.2) is 6.10 Å². The van der Waals surface area contributed by atoms with Crippen molar-refractivity contribution in [3.8, 4) is 0 Å². The Bertz CT molecular complexity index is 1210. The molecule has 0 aliphatic carbocycles. The fourth-order valence-corrected chi connectivity index (χ4v) is 4.43. The van der Waals surface area contributed by atoms with Crippen LogP contribution < -0.4 is 9.96 Å². The second kappa shape index (κ2) is 8.18. The molecule has 0 spiro atoms. The zero-order valence-corrected chi connectivity index (χ0v) is 18.2. The van der Waals surface area contributed by atoms with Gasteiger partial charge >= 0.3 is 5.97 Å². The van der Waals surface area contributed by atoms with Crippen LogP contribution in [0.4, 0.5) is 11.4 Å². The summed E-state index contributed by atoms with van der Waals surface area (Å²) >= 11 is 0. The summed E-state index contributed by atoms with van der Waals surface area (Å²) in [5, 5.41) is 1.63. The fourth-order valence-electron chi connectivity index (χ4n) is 4.43. The van der Waals surface area contributed by atoms with Crippen molar-refractivity contribution in [2.45, 2.75) is 19.1 Å². The third-order valence-corrected chi connectivity index (χ3v) is 6.09. The number of nitrogens with zero attached hydrogens (tertiary/aromatic N) is 2. The zero-order valence-electron chi connectivity index (χ0n) is 18.2. The lowest BCUT2D eigenvalue weighted by molar-refractivity contribution is -0.126. The van der Waals surface area contributed by atoms with Crippen LogP contribution in [-0.4, -0.2) is 31.0 Å². The molecule has 0 saturated carbocycles. The first-order chi connectivity index (χ1) is 16.0. The summed E-state index contributed by atoms with van der Waals surface area (Å²) in [7, 11) is 1.32. The number of ether oxygens (including phenoxy) is 1. The number of fused-ring (bicyclic) bond motifs is 1. The van der Waals surface area contributed by atoms with E-state index < -0.39 is 24.0 Å². The standard InChI is InChI=1S/C26H22N2O5/c1-16-8-14-19(15-9-16)27-24(29)21-22(17-10-12-18(13-11-17)26(31)32-2)28(33-23(21)25(27)30)20-6-4-3-5-7-20/h3-15,21-23H,1-2H3/t21-,22-,23+/m0/s1. The van der Waals surface area contributed by atoms with Gasteiger partial charge in [0.25, 0.3) is 5.91 Å². The molecule has 0 unspecified atom stereocenters. The van der Waals surface area contributed by atoms with Crippen molar-refractivity contribution in [1.29, 1.82) is 0 Å². The van der Waals surface area contributed by atoms with Gasteiger partial charge in [-0.3, -0.25) is 14.4 Å². The van der Waals surface area contributed by atoms with Gasteiger partial charge < -0.3 is 4.74 Å². The van der Waals surface area contributed by atoms with E-state index in [1.165, 1.54) is 12.0 Å². The van der Waals surface area contributed by atoms with Crippen LogP contribution in [0.25, 0.3) is 0 Å². The van der Waals surface area contributed by atoms with Crippen LogP contribution in [0.3, 0.4) is 0 Å². The number of carbonyl (C=O) groups excluding carboxylic acids is 3. The summed E-state index contributed by atoms with van der Waals surface area (Å²) in [5.41, 5.74) is 3.45. The molecule has 0 bridgehead atoms. The number of anilines is 2. The molecule has 2 saturated heterocycles. The van der Waals surface area contributed by atoms with Crippen LogP contribution in [0, 0.1) is 12.8 Å². The smallest absolute Gasteiger partial charge is 0.337 e. The van der Waals surface area contributed by atoms with Crippen molar-refractivity contribution in [1.82, 2.24) is 0 Å². The molecule has 7 heteroatoms. The highest BCUT2D eigenvalue weighted by Gasteiger charge is 2.60. The van der Waals surface area contributed by atoms with Crippen molar-refractivity contribution in [2.24, 2.45) is 5.92 Å². The molecule has 2 aliphatic rings. The Morgan fingerprint density at radius 1 is 0.848 bits per heavy atom. The Morgan fingerprint density at radius 3 is 2.15 bits per heavy atom. The SMILES string of the molecule is COC(=O)c1ccc([C@H]2[C@@H]3C(=O)N(c4ccc(C)cc4)C(=O)[C@@H]3ON2c2ccccc2)cc1. The monoisotopic (exact) mass is 442 g/mol. The van der Waals surface area contributed by atoms with E-state index in [9.17, 15) is 14.4 Å². The topological polar surface area (TPSA) is 76.2 Å². The summed E-state index contributed by atoms with van der Waals surface area (Å²) in [4.78, 5) is 46.1. The van der Waals surface area contributed by atoms with Crippen molar-refractivity contribution in [3.05, 3.63) is 95.6 Å². The maximum Gasteiger partial charge on any atom is 0.337 e. The molecule has 7 nitrogen and oxygen atoms in total. The molecular weight excluding hydrogens is 420 g/mol. The molecule has 0 aromatic heterocycles. The van der Waals surface area contributed by atoms with Crippen molar-refractivity contribution in [3.63, 3.8) is 0 Å². The van der Waals surface area contributed by atoms with E-state index in [4.69, 9.17) is 9.57 Å². The minimum absolute atomic E-state index is 0.311. The average molecular weight is 442 g/mol. The lowest BCUT2D eigenvalue weighted by Crippen LogP contribution is -2.37. The Balaban J connectivity index is 1.56. The Morgan fingerprint density at radius 2 is 1.52 bits per heavy atom. The summed E-state index contributed by atoms with van der Waals surface area (Å²) in [5.74, 6) is -1.87. The van der Waals surface area contributed by atoms with Crippen molar-refractivity contribution in [2.75, 3.05) is 17.1 Å². The predicted molar refractivity (Wildman–Crippen MR) is 121 cm³/mol. The molecule has 2 amide bonds. The Hall–Kier alpha value is -3.97. The molecule has 3 atom stereocenters. The first kappa shape index (κ1) is 20.9. The van der Waals surface area contributed by atoms with Gasteiger partial charge in [0.05, 0.1) is 30.1 Å². The Kier molecular flexibility index (Phi) is 5.18. The summed E-state index contributed by atoms with van der Waals surface area (Å²) < 4.78 is 4.78. The third-order valence-electron chi connectivity index (χ3n) is 6.09. The van der Waals surface area contributed by atoms with Crippen molar-refractivity contribution < 1.29 is 24.0 Å².